The molecule has 0 radical (unpaired) electrons. The number of fused-ring (bicyclic) bond motifs is 10. The molecule has 3 nitrogen and oxygen atoms in total. The Balaban J connectivity index is 1.02. The Morgan fingerprint density at radius 2 is 1.04 bits per heavy atom. The predicted octanol–water partition coefficient (Wildman–Crippen LogP) is 16.8. The van der Waals surface area contributed by atoms with Crippen molar-refractivity contribution in [2.45, 2.75) is 91.4 Å². The van der Waals surface area contributed by atoms with Crippen LogP contribution < -0.4 is 26.2 Å². The van der Waals surface area contributed by atoms with Crippen LogP contribution in [-0.4, -0.2) is 6.71 Å². The summed E-state index contributed by atoms with van der Waals surface area (Å²) in [5, 5.41) is 3.70. The third-order valence-corrected chi connectivity index (χ3v) is 16.9. The van der Waals surface area contributed by atoms with Gasteiger partial charge in [-0.1, -0.05) is 172 Å². The van der Waals surface area contributed by atoms with Crippen LogP contribution in [0.4, 0.5) is 34.1 Å². The van der Waals surface area contributed by atoms with Gasteiger partial charge in [0.15, 0.2) is 0 Å². The SMILES string of the molecule is CC(C)(C)c1ccc2c(c1)B1c3cc(C(C)(C)C)ccc3N(c3ccc(-c4cccc5c4oc4ccccc45)cc3)c3cc(C(C)(C)C)cc(c31)N2c1ccc(C2=CCCc3c2sc2ccccc32)cc1. The van der Waals surface area contributed by atoms with E-state index in [0.717, 1.165) is 51.6 Å². The molecule has 1 aliphatic carbocycles. The van der Waals surface area contributed by atoms with Crippen LogP contribution >= 0.6 is 11.3 Å². The molecule has 8 aromatic carbocycles. The molecule has 0 saturated heterocycles. The van der Waals surface area contributed by atoms with Gasteiger partial charge in [-0.05, 0) is 150 Å². The van der Waals surface area contributed by atoms with Gasteiger partial charge in [-0.25, -0.2) is 0 Å². The van der Waals surface area contributed by atoms with Gasteiger partial charge in [0.25, 0.3) is 6.71 Å². The Labute approximate surface area is 423 Å². The van der Waals surface area contributed by atoms with Gasteiger partial charge >= 0.3 is 0 Å². The van der Waals surface area contributed by atoms with E-state index in [1.54, 1.807) is 0 Å². The molecule has 10 aromatic rings. The molecule has 0 amide bonds. The van der Waals surface area contributed by atoms with E-state index in [2.05, 4.69) is 236 Å². The third-order valence-electron chi connectivity index (χ3n) is 15.6. The zero-order chi connectivity index (χ0) is 48.7. The maximum atomic E-state index is 6.55. The summed E-state index contributed by atoms with van der Waals surface area (Å²) >= 11 is 1.94. The van der Waals surface area contributed by atoms with Crippen LogP contribution in [0.25, 0.3) is 48.7 Å². The molecule has 5 heteroatoms. The van der Waals surface area contributed by atoms with Gasteiger partial charge < -0.3 is 14.2 Å². The van der Waals surface area contributed by atoms with E-state index in [1.165, 1.54) is 93.2 Å². The highest BCUT2D eigenvalue weighted by Crippen LogP contribution is 2.49. The molecule has 0 spiro atoms. The van der Waals surface area contributed by atoms with Gasteiger partial charge in [0, 0.05) is 60.0 Å². The zero-order valence-electron chi connectivity index (χ0n) is 42.4. The molecule has 0 saturated carbocycles. The standard InChI is InChI=1S/C66H59BN2OS/c1-64(2,3)42-28-34-55-53(36-42)67-54-37-43(65(4,5)6)29-35-56(54)69(46-32-26-41(27-33-46)48-19-15-21-52-50-17-11-13-23-60(50)71-63(48)52)58-39-44(66(7,8)9)38-57(61(58)67)68(55)45-30-24-40(25-31-45)47-18-14-20-51-49-16-10-12-22-59(49)70-62(47)51/h10-14,16-20,22-39H,15,21H2,1-9H3. The molecule has 2 aliphatic heterocycles. The lowest BCUT2D eigenvalue weighted by Gasteiger charge is -2.45. The van der Waals surface area contributed by atoms with E-state index in [0.29, 0.717) is 0 Å². The minimum Gasteiger partial charge on any atom is -0.455 e. The molecule has 348 valence electrons. The molecule has 0 fully saturated rings. The Kier molecular flexibility index (Phi) is 9.72. The Hall–Kier alpha value is -7.08. The first-order valence-electron chi connectivity index (χ1n) is 25.5. The summed E-state index contributed by atoms with van der Waals surface area (Å²) in [5.74, 6) is 0. The fourth-order valence-corrected chi connectivity index (χ4v) is 13.1. The first-order chi connectivity index (χ1) is 34.1. The van der Waals surface area contributed by atoms with Crippen molar-refractivity contribution in [3.63, 3.8) is 0 Å². The van der Waals surface area contributed by atoms with Crippen LogP contribution in [0.5, 0.6) is 0 Å². The highest BCUT2D eigenvalue weighted by molar-refractivity contribution is 7.20. The summed E-state index contributed by atoms with van der Waals surface area (Å²) < 4.78 is 7.93. The van der Waals surface area contributed by atoms with Crippen molar-refractivity contribution < 1.29 is 4.42 Å². The second kappa shape index (κ2) is 15.7. The molecule has 0 N–H and O–H groups in total. The van der Waals surface area contributed by atoms with Crippen molar-refractivity contribution in [1.29, 1.82) is 0 Å². The number of para-hydroxylation sites is 2. The third kappa shape index (κ3) is 6.98. The monoisotopic (exact) mass is 938 g/mol. The lowest BCUT2D eigenvalue weighted by Crippen LogP contribution is -2.61. The molecule has 0 bridgehead atoms. The van der Waals surface area contributed by atoms with E-state index >= 15 is 0 Å². The van der Waals surface area contributed by atoms with Gasteiger partial charge in [-0.2, -0.15) is 0 Å². The summed E-state index contributed by atoms with van der Waals surface area (Å²) in [6.45, 7) is 21.1. The van der Waals surface area contributed by atoms with Gasteiger partial charge in [0.05, 0.1) is 0 Å². The van der Waals surface area contributed by atoms with Crippen molar-refractivity contribution in [1.82, 2.24) is 0 Å². The zero-order valence-corrected chi connectivity index (χ0v) is 43.2. The molecule has 3 aliphatic rings. The van der Waals surface area contributed by atoms with Crippen molar-refractivity contribution >= 4 is 106 Å². The molecule has 0 unspecified atom stereocenters. The van der Waals surface area contributed by atoms with Crippen LogP contribution in [0.2, 0.25) is 0 Å². The Morgan fingerprint density at radius 1 is 0.493 bits per heavy atom. The van der Waals surface area contributed by atoms with Crippen molar-refractivity contribution in [3.8, 4) is 11.1 Å². The summed E-state index contributed by atoms with van der Waals surface area (Å²) in [6.07, 6.45) is 4.62. The maximum Gasteiger partial charge on any atom is 0.252 e. The molecule has 4 heterocycles. The van der Waals surface area contributed by atoms with E-state index in [4.69, 9.17) is 4.42 Å². The number of nitrogens with zero attached hydrogens (tertiary/aromatic N) is 2. The molecule has 2 aromatic heterocycles. The first kappa shape index (κ1) is 43.9. The molecule has 71 heavy (non-hydrogen) atoms. The van der Waals surface area contributed by atoms with Crippen LogP contribution in [0.1, 0.15) is 101 Å². The van der Waals surface area contributed by atoms with Crippen LogP contribution in [0.3, 0.4) is 0 Å². The summed E-state index contributed by atoms with van der Waals surface area (Å²) in [6, 6.07) is 62.2. The van der Waals surface area contributed by atoms with Gasteiger partial charge in [0.1, 0.15) is 11.2 Å². The molecule has 13 rings (SSSR count). The molecular formula is C66H59BN2OS. The second-order valence-electron chi connectivity index (χ2n) is 23.3. The average Bonchev–Trinajstić information content (AvgIpc) is 3.94. The van der Waals surface area contributed by atoms with E-state index in [9.17, 15) is 0 Å². The number of aryl methyl sites for hydroxylation is 1. The van der Waals surface area contributed by atoms with Gasteiger partial charge in [-0.15, -0.1) is 11.3 Å². The molecular weight excluding hydrogens is 880 g/mol. The number of rotatable bonds is 4. The number of furan rings is 1. The number of hydrogen-bond donors (Lipinski definition) is 0. The predicted molar refractivity (Wildman–Crippen MR) is 307 cm³/mol. The lowest BCUT2D eigenvalue weighted by atomic mass is 9.33. The normalized spacial score (nSPS) is 14.4. The highest BCUT2D eigenvalue weighted by atomic mass is 32.1. The van der Waals surface area contributed by atoms with Crippen LogP contribution in [0.15, 0.2) is 174 Å². The number of hydrogen-bond acceptors (Lipinski definition) is 4. The largest absolute Gasteiger partial charge is 0.455 e. The van der Waals surface area contributed by atoms with E-state index in [1.807, 2.05) is 17.4 Å². The number of allylic oxidation sites excluding steroid dienone is 1. The molecule has 0 atom stereocenters. The first-order valence-corrected chi connectivity index (χ1v) is 26.3. The summed E-state index contributed by atoms with van der Waals surface area (Å²) in [5.41, 5.74) is 23.3. The maximum absolute atomic E-state index is 6.55. The van der Waals surface area contributed by atoms with E-state index < -0.39 is 0 Å². The Bertz CT molecular complexity index is 3830. The van der Waals surface area contributed by atoms with Crippen LogP contribution in [0, 0.1) is 0 Å². The minimum absolute atomic E-state index is 0.0131. The summed E-state index contributed by atoms with van der Waals surface area (Å²) in [4.78, 5) is 6.58. The number of anilines is 6. The quantitative estimate of drug-likeness (QED) is 0.164. The lowest BCUT2D eigenvalue weighted by molar-refractivity contribution is 0.590. The average molecular weight is 939 g/mol. The van der Waals surface area contributed by atoms with E-state index in [-0.39, 0.29) is 23.0 Å². The van der Waals surface area contributed by atoms with Crippen molar-refractivity contribution in [2.24, 2.45) is 0 Å². The summed E-state index contributed by atoms with van der Waals surface area (Å²) in [7, 11) is 0. The number of benzene rings is 8. The highest BCUT2D eigenvalue weighted by Gasteiger charge is 2.45. The van der Waals surface area contributed by atoms with Gasteiger partial charge in [-0.3, -0.25) is 0 Å². The number of thiophene rings is 1. The Morgan fingerprint density at radius 3 is 1.65 bits per heavy atom. The fraction of sp³-hybridized carbons (Fsp3) is 0.212. The fourth-order valence-electron chi connectivity index (χ4n) is 11.7. The topological polar surface area (TPSA) is 19.6 Å². The van der Waals surface area contributed by atoms with Gasteiger partial charge in [0.2, 0.25) is 0 Å². The van der Waals surface area contributed by atoms with Crippen molar-refractivity contribution in [3.05, 3.63) is 203 Å². The van der Waals surface area contributed by atoms with Crippen LogP contribution in [-0.2, 0) is 22.7 Å². The van der Waals surface area contributed by atoms with Crippen molar-refractivity contribution in [2.75, 3.05) is 9.80 Å². The minimum atomic E-state index is -0.125. The second-order valence-corrected chi connectivity index (χ2v) is 24.3. The smallest absolute Gasteiger partial charge is 0.252 e.